The summed E-state index contributed by atoms with van der Waals surface area (Å²) in [6, 6.07) is -0.666. The highest BCUT2D eigenvalue weighted by Crippen LogP contribution is 2.06. The summed E-state index contributed by atoms with van der Waals surface area (Å²) in [5, 5.41) is 14.0. The second kappa shape index (κ2) is 4.20. The van der Waals surface area contributed by atoms with Crippen molar-refractivity contribution in [2.24, 2.45) is 5.73 Å². The predicted octanol–water partition coefficient (Wildman–Crippen LogP) is -2.12. The maximum Gasteiger partial charge on any atom is 0.320 e. The van der Waals surface area contributed by atoms with Crippen LogP contribution < -0.4 is 16.4 Å². The zero-order chi connectivity index (χ0) is 9.84. The van der Waals surface area contributed by atoms with Gasteiger partial charge in [-0.15, -0.1) is 0 Å². The van der Waals surface area contributed by atoms with Crippen molar-refractivity contribution in [3.8, 4) is 0 Å². The van der Waals surface area contributed by atoms with Crippen LogP contribution in [0.25, 0.3) is 0 Å². The quantitative estimate of drug-likeness (QED) is 0.404. The van der Waals surface area contributed by atoms with E-state index in [2.05, 4.69) is 10.6 Å². The van der Waals surface area contributed by atoms with Crippen molar-refractivity contribution < 1.29 is 14.7 Å². The van der Waals surface area contributed by atoms with E-state index in [1.54, 1.807) is 0 Å². The number of amides is 1. The van der Waals surface area contributed by atoms with Crippen molar-refractivity contribution in [2.45, 2.75) is 18.5 Å². The number of hydrogen-bond acceptors (Lipinski definition) is 4. The van der Waals surface area contributed by atoms with Gasteiger partial charge in [-0.05, 0) is 6.42 Å². The number of aliphatic carboxylic acids is 1. The molecule has 0 spiro atoms. The second-order valence-corrected chi connectivity index (χ2v) is 3.00. The first-order chi connectivity index (χ1) is 6.13. The van der Waals surface area contributed by atoms with Crippen LogP contribution in [0.2, 0.25) is 0 Å². The van der Waals surface area contributed by atoms with Gasteiger partial charge < -0.3 is 21.5 Å². The lowest BCUT2D eigenvalue weighted by atomic mass is 10.2. The van der Waals surface area contributed by atoms with Gasteiger partial charge in [0, 0.05) is 12.6 Å². The number of carbonyl (C=O) groups excluding carboxylic acids is 1. The summed E-state index contributed by atoms with van der Waals surface area (Å²) < 4.78 is 0. The molecule has 0 aromatic rings. The first-order valence-corrected chi connectivity index (χ1v) is 4.09. The molecule has 1 aliphatic rings. The van der Waals surface area contributed by atoms with Gasteiger partial charge >= 0.3 is 5.97 Å². The van der Waals surface area contributed by atoms with E-state index in [0.717, 1.165) is 0 Å². The third-order valence-corrected chi connectivity index (χ3v) is 1.98. The Morgan fingerprint density at radius 2 is 2.31 bits per heavy atom. The zero-order valence-electron chi connectivity index (χ0n) is 7.12. The molecule has 0 radical (unpaired) electrons. The van der Waals surface area contributed by atoms with Crippen LogP contribution in [-0.4, -0.2) is 42.2 Å². The molecule has 0 saturated carbocycles. The van der Waals surface area contributed by atoms with Crippen LogP contribution in [-0.2, 0) is 9.59 Å². The fourth-order valence-electron chi connectivity index (χ4n) is 1.32. The Balaban J connectivity index is 2.33. The number of carboxylic acid groups (broad SMARTS) is 1. The van der Waals surface area contributed by atoms with Gasteiger partial charge in [-0.25, -0.2) is 0 Å². The Hall–Kier alpha value is -1.14. The van der Waals surface area contributed by atoms with Crippen molar-refractivity contribution in [1.82, 2.24) is 10.6 Å². The van der Waals surface area contributed by atoms with Crippen molar-refractivity contribution in [2.75, 3.05) is 13.1 Å². The van der Waals surface area contributed by atoms with E-state index in [0.29, 0.717) is 13.0 Å². The standard InChI is InChI=1S/C7H13N3O3/c8-2-6(11)10-4-1-5(7(12)13)9-3-4/h4-5,9H,1-3,8H2,(H,10,11)(H,12,13). The Morgan fingerprint density at radius 3 is 2.77 bits per heavy atom. The van der Waals surface area contributed by atoms with Gasteiger partial charge in [-0.2, -0.15) is 0 Å². The maximum atomic E-state index is 10.8. The Labute approximate surface area is 75.5 Å². The highest BCUT2D eigenvalue weighted by molar-refractivity contribution is 5.78. The van der Waals surface area contributed by atoms with Crippen molar-refractivity contribution in [3.63, 3.8) is 0 Å². The minimum Gasteiger partial charge on any atom is -0.480 e. The van der Waals surface area contributed by atoms with Gasteiger partial charge in [0.2, 0.25) is 5.91 Å². The number of carbonyl (C=O) groups is 2. The van der Waals surface area contributed by atoms with E-state index in [1.807, 2.05) is 0 Å². The molecule has 6 heteroatoms. The summed E-state index contributed by atoms with van der Waals surface area (Å²) in [6.45, 7) is 0.428. The van der Waals surface area contributed by atoms with Crippen LogP contribution in [0.5, 0.6) is 0 Å². The highest BCUT2D eigenvalue weighted by Gasteiger charge is 2.29. The summed E-state index contributed by atoms with van der Waals surface area (Å²) in [5.74, 6) is -1.14. The number of carboxylic acids is 1. The largest absolute Gasteiger partial charge is 0.480 e. The van der Waals surface area contributed by atoms with Crippen LogP contribution in [0.1, 0.15) is 6.42 Å². The average Bonchev–Trinajstić information content (AvgIpc) is 2.52. The third-order valence-electron chi connectivity index (χ3n) is 1.98. The van der Waals surface area contributed by atoms with Gasteiger partial charge in [0.25, 0.3) is 0 Å². The molecule has 0 aromatic heterocycles. The van der Waals surface area contributed by atoms with E-state index in [-0.39, 0.29) is 18.5 Å². The Bertz CT molecular complexity index is 219. The minimum absolute atomic E-state index is 0.0613. The first-order valence-electron chi connectivity index (χ1n) is 4.09. The van der Waals surface area contributed by atoms with Gasteiger partial charge in [0.05, 0.1) is 6.54 Å². The summed E-state index contributed by atoms with van der Waals surface area (Å²) in [4.78, 5) is 21.3. The normalized spacial score (nSPS) is 27.2. The molecule has 1 fully saturated rings. The number of nitrogens with one attached hydrogen (secondary N) is 2. The van der Waals surface area contributed by atoms with Crippen LogP contribution in [0.15, 0.2) is 0 Å². The van der Waals surface area contributed by atoms with Crippen molar-refractivity contribution in [3.05, 3.63) is 0 Å². The molecule has 0 bridgehead atoms. The molecule has 1 saturated heterocycles. The van der Waals surface area contributed by atoms with E-state index in [4.69, 9.17) is 10.8 Å². The molecule has 0 aliphatic carbocycles. The average molecular weight is 187 g/mol. The number of rotatable bonds is 3. The number of hydrogen-bond donors (Lipinski definition) is 4. The fraction of sp³-hybridized carbons (Fsp3) is 0.714. The summed E-state index contributed by atoms with van der Waals surface area (Å²) in [6.07, 6.45) is 0.418. The summed E-state index contributed by atoms with van der Waals surface area (Å²) in [5.41, 5.74) is 5.10. The molecule has 1 aliphatic heterocycles. The molecule has 74 valence electrons. The Morgan fingerprint density at radius 1 is 1.62 bits per heavy atom. The van der Waals surface area contributed by atoms with Gasteiger partial charge in [-0.3, -0.25) is 9.59 Å². The van der Waals surface area contributed by atoms with Gasteiger partial charge in [0.15, 0.2) is 0 Å². The van der Waals surface area contributed by atoms with Crippen molar-refractivity contribution in [1.29, 1.82) is 0 Å². The molecule has 13 heavy (non-hydrogen) atoms. The predicted molar refractivity (Wildman–Crippen MR) is 45.0 cm³/mol. The van der Waals surface area contributed by atoms with E-state index < -0.39 is 12.0 Å². The topological polar surface area (TPSA) is 104 Å². The highest BCUT2D eigenvalue weighted by atomic mass is 16.4. The SMILES string of the molecule is NCC(=O)NC1CNC(C(=O)O)C1. The van der Waals surface area contributed by atoms with E-state index in [9.17, 15) is 9.59 Å². The van der Waals surface area contributed by atoms with Gasteiger partial charge in [-0.1, -0.05) is 0 Å². The Kier molecular flexibility index (Phi) is 3.21. The molecular weight excluding hydrogens is 174 g/mol. The van der Waals surface area contributed by atoms with E-state index in [1.165, 1.54) is 0 Å². The molecule has 2 unspecified atom stereocenters. The minimum atomic E-state index is -0.885. The van der Waals surface area contributed by atoms with Crippen LogP contribution >= 0.6 is 0 Å². The van der Waals surface area contributed by atoms with Gasteiger partial charge in [0.1, 0.15) is 6.04 Å². The van der Waals surface area contributed by atoms with E-state index >= 15 is 0 Å². The molecular formula is C7H13N3O3. The summed E-state index contributed by atoms with van der Waals surface area (Å²) >= 11 is 0. The van der Waals surface area contributed by atoms with Crippen LogP contribution in [0.3, 0.4) is 0 Å². The first kappa shape index (κ1) is 9.94. The van der Waals surface area contributed by atoms with Crippen LogP contribution in [0, 0.1) is 0 Å². The lowest BCUT2D eigenvalue weighted by Crippen LogP contribution is -2.39. The van der Waals surface area contributed by atoms with Crippen molar-refractivity contribution >= 4 is 11.9 Å². The molecule has 1 amide bonds. The lowest BCUT2D eigenvalue weighted by molar-refractivity contribution is -0.139. The zero-order valence-corrected chi connectivity index (χ0v) is 7.12. The molecule has 0 aromatic carbocycles. The molecule has 1 rings (SSSR count). The molecule has 6 nitrogen and oxygen atoms in total. The smallest absolute Gasteiger partial charge is 0.320 e. The summed E-state index contributed by atoms with van der Waals surface area (Å²) in [7, 11) is 0. The maximum absolute atomic E-state index is 10.8. The molecule has 1 heterocycles. The lowest BCUT2D eigenvalue weighted by Gasteiger charge is -2.09. The number of nitrogens with two attached hydrogens (primary N) is 1. The second-order valence-electron chi connectivity index (χ2n) is 3.00. The fourth-order valence-corrected chi connectivity index (χ4v) is 1.32. The monoisotopic (exact) mass is 187 g/mol. The molecule has 5 N–H and O–H groups in total. The third kappa shape index (κ3) is 2.67. The molecule has 2 atom stereocenters. The van der Waals surface area contributed by atoms with Crippen LogP contribution in [0.4, 0.5) is 0 Å².